The predicted octanol–water partition coefficient (Wildman–Crippen LogP) is 2.16. The Hall–Kier alpha value is -1.84. The fourth-order valence-corrected chi connectivity index (χ4v) is 5.65. The van der Waals surface area contributed by atoms with Crippen LogP contribution >= 0.6 is 11.8 Å². The molecule has 0 unspecified atom stereocenters. The van der Waals surface area contributed by atoms with E-state index in [2.05, 4.69) is 15.0 Å². The molecule has 1 heterocycles. The first kappa shape index (κ1) is 19.9. The van der Waals surface area contributed by atoms with Gasteiger partial charge in [0.25, 0.3) is 5.91 Å². The van der Waals surface area contributed by atoms with Crippen LogP contribution in [0, 0.1) is 0 Å². The molecule has 7 nitrogen and oxygen atoms in total. The van der Waals surface area contributed by atoms with Crippen LogP contribution in [0.4, 0.5) is 0 Å². The molecule has 2 aromatic rings. The van der Waals surface area contributed by atoms with Crippen molar-refractivity contribution < 1.29 is 13.2 Å². The van der Waals surface area contributed by atoms with Gasteiger partial charge in [-0.1, -0.05) is 17.8 Å². The normalized spacial score (nSPS) is 20.4. The predicted molar refractivity (Wildman–Crippen MR) is 105 cm³/mol. The summed E-state index contributed by atoms with van der Waals surface area (Å²) in [5.74, 6) is -0.307. The first-order valence-corrected chi connectivity index (χ1v) is 11.2. The number of sulfonamides is 1. The smallest absolute Gasteiger partial charge is 0.251 e. The number of nitrogens with zero attached hydrogens (tertiary/aromatic N) is 2. The molecule has 146 valence electrons. The third-order valence-corrected chi connectivity index (χ3v) is 7.61. The maximum absolute atomic E-state index is 12.7. The van der Waals surface area contributed by atoms with Crippen LogP contribution in [0.3, 0.4) is 0 Å². The molecule has 27 heavy (non-hydrogen) atoms. The second-order valence-corrected chi connectivity index (χ2v) is 9.62. The molecule has 1 aromatic heterocycles. The van der Waals surface area contributed by atoms with Crippen molar-refractivity contribution in [3.05, 3.63) is 42.2 Å². The number of amides is 1. The van der Waals surface area contributed by atoms with Gasteiger partial charge in [-0.25, -0.2) is 18.1 Å². The van der Waals surface area contributed by atoms with E-state index in [-0.39, 0.29) is 16.8 Å². The molecular formula is C18H24N4O3S2. The van der Waals surface area contributed by atoms with E-state index in [0.29, 0.717) is 10.8 Å². The van der Waals surface area contributed by atoms with Gasteiger partial charge in [0.2, 0.25) is 10.0 Å². The first-order chi connectivity index (χ1) is 12.9. The number of nitrogens with one attached hydrogen (secondary N) is 2. The maximum atomic E-state index is 12.7. The Kier molecular flexibility index (Phi) is 6.23. The lowest BCUT2D eigenvalue weighted by atomic mass is 9.96. The average Bonchev–Trinajstić information content (AvgIpc) is 3.07. The lowest BCUT2D eigenvalue weighted by Gasteiger charge is -2.28. The summed E-state index contributed by atoms with van der Waals surface area (Å²) in [7, 11) is -0.160. The number of hydrogen-bond donors (Lipinski definition) is 2. The molecule has 9 heteroatoms. The van der Waals surface area contributed by atoms with Crippen LogP contribution in [-0.2, 0) is 17.1 Å². The number of rotatable bonds is 6. The molecule has 2 N–H and O–H groups in total. The number of carbonyl (C=O) groups is 1. The fraction of sp³-hybridized carbons (Fsp3) is 0.444. The van der Waals surface area contributed by atoms with E-state index in [4.69, 9.17) is 0 Å². The Morgan fingerprint density at radius 1 is 1.26 bits per heavy atom. The third kappa shape index (κ3) is 4.91. The summed E-state index contributed by atoms with van der Waals surface area (Å²) in [6.07, 6.45) is 7.16. The molecule has 3 rings (SSSR count). The molecule has 0 spiro atoms. The summed E-state index contributed by atoms with van der Waals surface area (Å²) < 4.78 is 30.2. The molecule has 1 aliphatic rings. The van der Waals surface area contributed by atoms with Crippen molar-refractivity contribution in [2.45, 2.75) is 47.0 Å². The van der Waals surface area contributed by atoms with E-state index in [0.717, 1.165) is 30.8 Å². The van der Waals surface area contributed by atoms with Gasteiger partial charge in [0.05, 0.1) is 4.90 Å². The van der Waals surface area contributed by atoms with Gasteiger partial charge in [-0.15, -0.1) is 0 Å². The highest BCUT2D eigenvalue weighted by Crippen LogP contribution is 2.33. The van der Waals surface area contributed by atoms with E-state index in [1.807, 2.05) is 17.8 Å². The van der Waals surface area contributed by atoms with Gasteiger partial charge in [0.1, 0.15) is 0 Å². The third-order valence-electron chi connectivity index (χ3n) is 4.68. The minimum atomic E-state index is -3.65. The molecule has 1 aliphatic carbocycles. The topological polar surface area (TPSA) is 93.1 Å². The number of carbonyl (C=O) groups excluding carboxylic acids is 1. The van der Waals surface area contributed by atoms with Crippen molar-refractivity contribution in [1.82, 2.24) is 19.6 Å². The molecule has 0 radical (unpaired) electrons. The quantitative estimate of drug-likeness (QED) is 0.764. The minimum Gasteiger partial charge on any atom is -0.355 e. The first-order valence-electron chi connectivity index (χ1n) is 8.87. The molecular weight excluding hydrogens is 384 g/mol. The lowest BCUT2D eigenvalue weighted by Crippen LogP contribution is -2.38. The van der Waals surface area contributed by atoms with Gasteiger partial charge < -0.3 is 9.88 Å². The Morgan fingerprint density at radius 2 is 2.00 bits per heavy atom. The standard InChI is InChI=1S/C18H24N4O3S2/c1-19-17(23)13-4-3-5-16(12-13)27(24,25)21-14-6-8-15(9-7-14)26-18-20-10-11-22(18)2/h3-5,10-12,14-15,21H,6-9H2,1-2H3,(H,19,23). The number of aromatic nitrogens is 2. The number of imidazole rings is 1. The van der Waals surface area contributed by atoms with Gasteiger partial charge in [0.15, 0.2) is 5.16 Å². The van der Waals surface area contributed by atoms with Crippen LogP contribution in [0.5, 0.6) is 0 Å². The van der Waals surface area contributed by atoms with E-state index in [1.54, 1.807) is 30.1 Å². The van der Waals surface area contributed by atoms with Crippen LogP contribution in [0.2, 0.25) is 0 Å². The molecule has 0 saturated heterocycles. The number of hydrogen-bond acceptors (Lipinski definition) is 5. The van der Waals surface area contributed by atoms with E-state index in [1.165, 1.54) is 19.2 Å². The lowest BCUT2D eigenvalue weighted by molar-refractivity contribution is 0.0963. The second kappa shape index (κ2) is 8.45. The van der Waals surface area contributed by atoms with Crippen LogP contribution in [0.25, 0.3) is 0 Å². The van der Waals surface area contributed by atoms with Crippen molar-refractivity contribution in [1.29, 1.82) is 0 Å². The minimum absolute atomic E-state index is 0.0862. The van der Waals surface area contributed by atoms with E-state index in [9.17, 15) is 13.2 Å². The Balaban J connectivity index is 1.59. The van der Waals surface area contributed by atoms with Crippen molar-refractivity contribution in [2.75, 3.05) is 7.05 Å². The van der Waals surface area contributed by atoms with Gasteiger partial charge in [-0.3, -0.25) is 4.79 Å². The fourth-order valence-electron chi connectivity index (χ4n) is 3.15. The zero-order valence-corrected chi connectivity index (χ0v) is 17.0. The monoisotopic (exact) mass is 408 g/mol. The summed E-state index contributed by atoms with van der Waals surface area (Å²) in [5.41, 5.74) is 0.329. The van der Waals surface area contributed by atoms with Gasteiger partial charge >= 0.3 is 0 Å². The molecule has 1 aromatic carbocycles. The molecule has 1 saturated carbocycles. The van der Waals surface area contributed by atoms with Gasteiger partial charge in [-0.05, 0) is 43.9 Å². The summed E-state index contributed by atoms with van der Waals surface area (Å²) >= 11 is 1.75. The van der Waals surface area contributed by atoms with Crippen LogP contribution in [-0.4, -0.2) is 42.2 Å². The van der Waals surface area contributed by atoms with Crippen molar-refractivity contribution in [3.8, 4) is 0 Å². The van der Waals surface area contributed by atoms with Crippen molar-refractivity contribution >= 4 is 27.7 Å². The molecule has 0 bridgehead atoms. The Morgan fingerprint density at radius 3 is 2.63 bits per heavy atom. The van der Waals surface area contributed by atoms with E-state index >= 15 is 0 Å². The highest BCUT2D eigenvalue weighted by atomic mass is 32.2. The molecule has 0 atom stereocenters. The summed E-state index contributed by atoms with van der Waals surface area (Å²) in [5, 5.41) is 3.94. The van der Waals surface area contributed by atoms with Gasteiger partial charge in [-0.2, -0.15) is 0 Å². The van der Waals surface area contributed by atoms with Crippen LogP contribution in [0.1, 0.15) is 36.0 Å². The number of aryl methyl sites for hydroxylation is 1. The molecule has 1 amide bonds. The van der Waals surface area contributed by atoms with Crippen molar-refractivity contribution in [3.63, 3.8) is 0 Å². The average molecular weight is 409 g/mol. The summed E-state index contributed by atoms with van der Waals surface area (Å²) in [6, 6.07) is 6.01. The molecule has 0 aliphatic heterocycles. The highest BCUT2D eigenvalue weighted by Gasteiger charge is 2.27. The van der Waals surface area contributed by atoms with Crippen molar-refractivity contribution in [2.24, 2.45) is 7.05 Å². The summed E-state index contributed by atoms with van der Waals surface area (Å²) in [4.78, 5) is 16.2. The Bertz CT molecular complexity index is 903. The number of thioether (sulfide) groups is 1. The highest BCUT2D eigenvalue weighted by molar-refractivity contribution is 7.99. The van der Waals surface area contributed by atoms with Gasteiger partial charge in [0, 0.05) is 43.3 Å². The zero-order valence-electron chi connectivity index (χ0n) is 15.4. The zero-order chi connectivity index (χ0) is 19.4. The number of benzene rings is 1. The molecule has 1 fully saturated rings. The summed E-state index contributed by atoms with van der Waals surface area (Å²) in [6.45, 7) is 0. The largest absolute Gasteiger partial charge is 0.355 e. The SMILES string of the molecule is CNC(=O)c1cccc(S(=O)(=O)NC2CCC(Sc3nccn3C)CC2)c1. The maximum Gasteiger partial charge on any atom is 0.251 e. The van der Waals surface area contributed by atoms with Crippen LogP contribution in [0.15, 0.2) is 46.7 Å². The Labute approximate surface area is 164 Å². The van der Waals surface area contributed by atoms with Crippen LogP contribution < -0.4 is 10.0 Å². The van der Waals surface area contributed by atoms with E-state index < -0.39 is 10.0 Å². The second-order valence-electron chi connectivity index (χ2n) is 6.64.